The van der Waals surface area contributed by atoms with Gasteiger partial charge < -0.3 is 10.1 Å². The standard InChI is InChI=1S/C17H19NO4S/c1-2-23(20,21)16-10-8-14(9-11-16)12-18-17(19)13-22-15-6-4-3-5-7-15/h3-11H,2,12-13H2,1H3,(H,18,19). The molecule has 0 heterocycles. The van der Waals surface area contributed by atoms with E-state index < -0.39 is 9.84 Å². The Bertz CT molecular complexity index is 740. The van der Waals surface area contributed by atoms with Gasteiger partial charge in [-0.3, -0.25) is 4.79 Å². The minimum absolute atomic E-state index is 0.0632. The van der Waals surface area contributed by atoms with Crippen molar-refractivity contribution in [1.29, 1.82) is 0 Å². The SMILES string of the molecule is CCS(=O)(=O)c1ccc(CNC(=O)COc2ccccc2)cc1. The maximum atomic E-state index is 11.7. The minimum Gasteiger partial charge on any atom is -0.484 e. The molecule has 0 saturated carbocycles. The van der Waals surface area contributed by atoms with Crippen molar-refractivity contribution in [2.75, 3.05) is 12.4 Å². The van der Waals surface area contributed by atoms with Gasteiger partial charge in [-0.2, -0.15) is 0 Å². The molecule has 0 fully saturated rings. The summed E-state index contributed by atoms with van der Waals surface area (Å²) in [7, 11) is -3.19. The van der Waals surface area contributed by atoms with Gasteiger partial charge in [0, 0.05) is 6.54 Å². The van der Waals surface area contributed by atoms with Gasteiger partial charge in [0.05, 0.1) is 10.6 Å². The molecule has 1 N–H and O–H groups in total. The number of amides is 1. The Balaban J connectivity index is 1.82. The maximum absolute atomic E-state index is 11.7. The van der Waals surface area contributed by atoms with Gasteiger partial charge >= 0.3 is 0 Å². The molecule has 2 aromatic carbocycles. The lowest BCUT2D eigenvalue weighted by Crippen LogP contribution is -2.28. The Kier molecular flexibility index (Phi) is 5.76. The Labute approximate surface area is 136 Å². The van der Waals surface area contributed by atoms with Crippen molar-refractivity contribution in [3.05, 3.63) is 60.2 Å². The second kappa shape index (κ2) is 7.78. The van der Waals surface area contributed by atoms with E-state index >= 15 is 0 Å². The van der Waals surface area contributed by atoms with Crippen LogP contribution in [0.1, 0.15) is 12.5 Å². The van der Waals surface area contributed by atoms with Crippen LogP contribution in [0.25, 0.3) is 0 Å². The molecule has 0 aliphatic heterocycles. The van der Waals surface area contributed by atoms with Gasteiger partial charge in [-0.25, -0.2) is 8.42 Å². The van der Waals surface area contributed by atoms with E-state index in [9.17, 15) is 13.2 Å². The van der Waals surface area contributed by atoms with Crippen LogP contribution < -0.4 is 10.1 Å². The molecule has 1 amide bonds. The van der Waals surface area contributed by atoms with Crippen LogP contribution in [0, 0.1) is 0 Å². The van der Waals surface area contributed by atoms with Gasteiger partial charge in [-0.15, -0.1) is 0 Å². The summed E-state index contributed by atoms with van der Waals surface area (Å²) < 4.78 is 28.8. The van der Waals surface area contributed by atoms with Crippen LogP contribution in [-0.2, 0) is 21.2 Å². The number of hydrogen-bond acceptors (Lipinski definition) is 4. The highest BCUT2D eigenvalue weighted by Crippen LogP contribution is 2.12. The van der Waals surface area contributed by atoms with E-state index in [0.717, 1.165) is 5.56 Å². The third-order valence-corrected chi connectivity index (χ3v) is 5.02. The predicted molar refractivity (Wildman–Crippen MR) is 88.0 cm³/mol. The van der Waals surface area contributed by atoms with Crippen molar-refractivity contribution in [2.45, 2.75) is 18.4 Å². The van der Waals surface area contributed by atoms with Gasteiger partial charge in [0.15, 0.2) is 16.4 Å². The molecule has 0 saturated heterocycles. The number of ether oxygens (including phenoxy) is 1. The molecule has 0 unspecified atom stereocenters. The summed E-state index contributed by atoms with van der Waals surface area (Å²) in [5.74, 6) is 0.468. The molecule has 0 aliphatic rings. The van der Waals surface area contributed by atoms with E-state index in [0.29, 0.717) is 17.2 Å². The first-order chi connectivity index (χ1) is 11.0. The molecule has 0 aliphatic carbocycles. The third kappa shape index (κ3) is 5.10. The zero-order valence-corrected chi connectivity index (χ0v) is 13.7. The number of para-hydroxylation sites is 1. The number of carbonyl (C=O) groups is 1. The summed E-state index contributed by atoms with van der Waals surface area (Å²) in [5.41, 5.74) is 0.827. The van der Waals surface area contributed by atoms with E-state index in [1.54, 1.807) is 43.3 Å². The highest BCUT2D eigenvalue weighted by molar-refractivity contribution is 7.91. The molecule has 2 aromatic rings. The molecule has 6 heteroatoms. The summed E-state index contributed by atoms with van der Waals surface area (Å²) in [4.78, 5) is 12.0. The van der Waals surface area contributed by atoms with E-state index in [1.165, 1.54) is 0 Å². The number of carbonyl (C=O) groups excluding carboxylic acids is 1. The first kappa shape index (κ1) is 17.0. The fourth-order valence-corrected chi connectivity index (χ4v) is 2.78. The first-order valence-corrected chi connectivity index (χ1v) is 8.93. The van der Waals surface area contributed by atoms with Crippen molar-refractivity contribution in [1.82, 2.24) is 5.32 Å². The molecule has 5 nitrogen and oxygen atoms in total. The quantitative estimate of drug-likeness (QED) is 0.843. The van der Waals surface area contributed by atoms with Crippen LogP contribution in [0.2, 0.25) is 0 Å². The molecular formula is C17H19NO4S. The van der Waals surface area contributed by atoms with Crippen molar-refractivity contribution in [3.8, 4) is 5.75 Å². The topological polar surface area (TPSA) is 72.5 Å². The molecule has 0 bridgehead atoms. The normalized spacial score (nSPS) is 11.0. The lowest BCUT2D eigenvalue weighted by molar-refractivity contribution is -0.123. The second-order valence-electron chi connectivity index (χ2n) is 4.93. The lowest BCUT2D eigenvalue weighted by Gasteiger charge is -2.08. The summed E-state index contributed by atoms with van der Waals surface area (Å²) in [6, 6.07) is 15.6. The third-order valence-electron chi connectivity index (χ3n) is 3.27. The van der Waals surface area contributed by atoms with Crippen LogP contribution in [0.3, 0.4) is 0 Å². The number of benzene rings is 2. The summed E-state index contributed by atoms with van der Waals surface area (Å²) >= 11 is 0. The van der Waals surface area contributed by atoms with E-state index in [-0.39, 0.29) is 18.3 Å². The highest BCUT2D eigenvalue weighted by Gasteiger charge is 2.10. The van der Waals surface area contributed by atoms with E-state index in [4.69, 9.17) is 4.74 Å². The van der Waals surface area contributed by atoms with Gasteiger partial charge in [0.25, 0.3) is 5.91 Å². The average Bonchev–Trinajstić information content (AvgIpc) is 2.59. The van der Waals surface area contributed by atoms with Crippen LogP contribution >= 0.6 is 0 Å². The summed E-state index contributed by atoms with van der Waals surface area (Å²) in [6.07, 6.45) is 0. The summed E-state index contributed by atoms with van der Waals surface area (Å²) in [5, 5.41) is 2.73. The fourth-order valence-electron chi connectivity index (χ4n) is 1.90. The maximum Gasteiger partial charge on any atom is 0.258 e. The van der Waals surface area contributed by atoms with Gasteiger partial charge in [0.2, 0.25) is 0 Å². The van der Waals surface area contributed by atoms with Crippen LogP contribution in [0.15, 0.2) is 59.5 Å². The van der Waals surface area contributed by atoms with Gasteiger partial charge in [-0.1, -0.05) is 37.3 Å². The van der Waals surface area contributed by atoms with Crippen LogP contribution in [0.4, 0.5) is 0 Å². The van der Waals surface area contributed by atoms with Gasteiger partial charge in [-0.05, 0) is 29.8 Å². The smallest absolute Gasteiger partial charge is 0.258 e. The van der Waals surface area contributed by atoms with Crippen LogP contribution in [0.5, 0.6) is 5.75 Å². The number of hydrogen-bond donors (Lipinski definition) is 1. The monoisotopic (exact) mass is 333 g/mol. The van der Waals surface area contributed by atoms with E-state index in [2.05, 4.69) is 5.32 Å². The lowest BCUT2D eigenvalue weighted by atomic mass is 10.2. The molecule has 2 rings (SSSR count). The predicted octanol–water partition coefficient (Wildman–Crippen LogP) is 2.18. The fraction of sp³-hybridized carbons (Fsp3) is 0.235. The Morgan fingerprint density at radius 3 is 2.30 bits per heavy atom. The number of nitrogens with one attached hydrogen (secondary N) is 1. The van der Waals surface area contributed by atoms with Crippen LogP contribution in [-0.4, -0.2) is 26.7 Å². The molecule has 122 valence electrons. The average molecular weight is 333 g/mol. The number of rotatable bonds is 7. The Hall–Kier alpha value is -2.34. The van der Waals surface area contributed by atoms with Crippen molar-refractivity contribution >= 4 is 15.7 Å². The second-order valence-corrected chi connectivity index (χ2v) is 7.20. The van der Waals surface area contributed by atoms with E-state index in [1.807, 2.05) is 18.2 Å². The van der Waals surface area contributed by atoms with Crippen molar-refractivity contribution in [2.24, 2.45) is 0 Å². The Morgan fingerprint density at radius 1 is 1.04 bits per heavy atom. The summed E-state index contributed by atoms with van der Waals surface area (Å²) in [6.45, 7) is 1.87. The zero-order valence-electron chi connectivity index (χ0n) is 12.9. The molecule has 0 spiro atoms. The number of sulfone groups is 1. The molecule has 0 radical (unpaired) electrons. The molecule has 0 aromatic heterocycles. The largest absolute Gasteiger partial charge is 0.484 e. The molecule has 23 heavy (non-hydrogen) atoms. The van der Waals surface area contributed by atoms with Crippen molar-refractivity contribution < 1.29 is 17.9 Å². The molecule has 0 atom stereocenters. The van der Waals surface area contributed by atoms with Gasteiger partial charge in [0.1, 0.15) is 5.75 Å². The zero-order chi connectivity index (χ0) is 16.7. The highest BCUT2D eigenvalue weighted by atomic mass is 32.2. The minimum atomic E-state index is -3.19. The van der Waals surface area contributed by atoms with Crippen molar-refractivity contribution in [3.63, 3.8) is 0 Å². The first-order valence-electron chi connectivity index (χ1n) is 7.27. The molecular weight excluding hydrogens is 314 g/mol. The Morgan fingerprint density at radius 2 is 1.70 bits per heavy atom.